The Bertz CT molecular complexity index is 660. The quantitative estimate of drug-likeness (QED) is 0.617. The summed E-state index contributed by atoms with van der Waals surface area (Å²) in [5.74, 6) is -0.322. The van der Waals surface area contributed by atoms with Crippen LogP contribution in [-0.4, -0.2) is 26.7 Å². The molecule has 0 aliphatic carbocycles. The Kier molecular flexibility index (Phi) is 5.37. The molecule has 0 saturated carbocycles. The van der Waals surface area contributed by atoms with Gasteiger partial charge in [-0.1, -0.05) is 36.4 Å². The van der Waals surface area contributed by atoms with Gasteiger partial charge in [-0.2, -0.15) is 0 Å². The maximum atomic E-state index is 11.6. The highest BCUT2D eigenvalue weighted by Gasteiger charge is 2.06. The van der Waals surface area contributed by atoms with Crippen molar-refractivity contribution in [2.45, 2.75) is 6.92 Å². The number of hydrogen-bond donors (Lipinski definition) is 0. The minimum absolute atomic E-state index is 0.322. The van der Waals surface area contributed by atoms with E-state index in [0.29, 0.717) is 6.61 Å². The number of rotatable bonds is 5. The second-order valence-corrected chi connectivity index (χ2v) is 5.12. The molecule has 0 unspecified atom stereocenters. The third-order valence-electron chi connectivity index (χ3n) is 3.32. The number of benzene rings is 2. The molecular weight excluding hydrogens is 274 g/mol. The minimum atomic E-state index is -0.322. The Morgan fingerprint density at radius 3 is 2.50 bits per heavy atom. The van der Waals surface area contributed by atoms with Gasteiger partial charge in [0.2, 0.25) is 0 Å². The predicted molar refractivity (Wildman–Crippen MR) is 91.9 cm³/mol. The molecule has 22 heavy (non-hydrogen) atoms. The molecule has 0 aliphatic heterocycles. The van der Waals surface area contributed by atoms with Gasteiger partial charge >= 0.3 is 5.97 Å². The molecule has 0 aliphatic rings. The lowest BCUT2D eigenvalue weighted by Crippen LogP contribution is -2.08. The molecule has 0 spiro atoms. The fraction of sp³-hybridized carbons (Fsp3) is 0.211. The molecule has 2 rings (SSSR count). The van der Waals surface area contributed by atoms with Crippen LogP contribution in [0.4, 0.5) is 5.69 Å². The Balaban J connectivity index is 2.43. The van der Waals surface area contributed by atoms with E-state index in [-0.39, 0.29) is 5.97 Å². The summed E-state index contributed by atoms with van der Waals surface area (Å²) < 4.78 is 4.95. The largest absolute Gasteiger partial charge is 0.463 e. The van der Waals surface area contributed by atoms with Crippen LogP contribution in [0.1, 0.15) is 12.5 Å². The summed E-state index contributed by atoms with van der Waals surface area (Å²) in [5, 5.41) is 0. The fourth-order valence-electron chi connectivity index (χ4n) is 2.19. The van der Waals surface area contributed by atoms with E-state index >= 15 is 0 Å². The Labute approximate surface area is 131 Å². The molecule has 2 aromatic rings. The lowest BCUT2D eigenvalue weighted by molar-refractivity contribution is -0.137. The summed E-state index contributed by atoms with van der Waals surface area (Å²) in [6.07, 6.45) is 3.29. The average molecular weight is 295 g/mol. The van der Waals surface area contributed by atoms with Gasteiger partial charge in [-0.15, -0.1) is 0 Å². The number of nitrogens with zero attached hydrogens (tertiary/aromatic N) is 1. The van der Waals surface area contributed by atoms with Gasteiger partial charge in [0.1, 0.15) is 0 Å². The van der Waals surface area contributed by atoms with Crippen LogP contribution in [0, 0.1) is 0 Å². The molecule has 0 aromatic heterocycles. The van der Waals surface area contributed by atoms with E-state index in [9.17, 15) is 4.79 Å². The summed E-state index contributed by atoms with van der Waals surface area (Å²) in [6, 6.07) is 16.4. The van der Waals surface area contributed by atoms with Gasteiger partial charge in [-0.3, -0.25) is 0 Å². The molecule has 0 amide bonds. The van der Waals surface area contributed by atoms with Crippen LogP contribution in [0.3, 0.4) is 0 Å². The van der Waals surface area contributed by atoms with E-state index in [1.165, 1.54) is 6.08 Å². The van der Waals surface area contributed by atoms with Gasteiger partial charge in [0.25, 0.3) is 0 Å². The van der Waals surface area contributed by atoms with Crippen molar-refractivity contribution in [2.24, 2.45) is 0 Å². The van der Waals surface area contributed by atoms with Crippen molar-refractivity contribution in [1.29, 1.82) is 0 Å². The number of esters is 1. The number of anilines is 1. The highest BCUT2D eigenvalue weighted by Crippen LogP contribution is 2.28. The Morgan fingerprint density at radius 2 is 1.86 bits per heavy atom. The lowest BCUT2D eigenvalue weighted by atomic mass is 9.98. The van der Waals surface area contributed by atoms with Gasteiger partial charge < -0.3 is 9.64 Å². The fourth-order valence-corrected chi connectivity index (χ4v) is 2.19. The number of carbonyl (C=O) groups excluding carboxylic acids is 1. The van der Waals surface area contributed by atoms with Gasteiger partial charge in [-0.25, -0.2) is 4.79 Å². The molecule has 0 saturated heterocycles. The van der Waals surface area contributed by atoms with E-state index in [4.69, 9.17) is 4.74 Å². The first-order valence-corrected chi connectivity index (χ1v) is 7.33. The molecule has 114 valence electrons. The summed E-state index contributed by atoms with van der Waals surface area (Å²) in [7, 11) is 3.99. The summed E-state index contributed by atoms with van der Waals surface area (Å²) in [6.45, 7) is 2.18. The highest BCUT2D eigenvalue weighted by molar-refractivity contribution is 5.89. The maximum absolute atomic E-state index is 11.6. The molecular formula is C19H21NO2. The monoisotopic (exact) mass is 295 g/mol. The van der Waals surface area contributed by atoms with Crippen LogP contribution >= 0.6 is 0 Å². The first-order chi connectivity index (χ1) is 10.6. The third-order valence-corrected chi connectivity index (χ3v) is 3.32. The topological polar surface area (TPSA) is 29.5 Å². The lowest BCUT2D eigenvalue weighted by Gasteiger charge is -2.15. The second-order valence-electron chi connectivity index (χ2n) is 5.12. The van der Waals surface area contributed by atoms with Crippen molar-refractivity contribution < 1.29 is 9.53 Å². The molecule has 3 heteroatoms. The summed E-state index contributed by atoms with van der Waals surface area (Å²) in [5.41, 5.74) is 4.29. The molecule has 0 atom stereocenters. The van der Waals surface area contributed by atoms with Crippen LogP contribution in [0.25, 0.3) is 17.2 Å². The maximum Gasteiger partial charge on any atom is 0.330 e. The van der Waals surface area contributed by atoms with E-state index in [1.807, 2.05) is 43.3 Å². The number of carbonyl (C=O) groups is 1. The smallest absolute Gasteiger partial charge is 0.330 e. The predicted octanol–water partition coefficient (Wildman–Crippen LogP) is 4.00. The Hall–Kier alpha value is -2.55. The van der Waals surface area contributed by atoms with E-state index in [0.717, 1.165) is 22.4 Å². The zero-order valence-electron chi connectivity index (χ0n) is 13.2. The first kappa shape index (κ1) is 15.8. The van der Waals surface area contributed by atoms with Crippen molar-refractivity contribution in [3.8, 4) is 11.1 Å². The average Bonchev–Trinajstić information content (AvgIpc) is 2.53. The highest BCUT2D eigenvalue weighted by atomic mass is 16.5. The van der Waals surface area contributed by atoms with E-state index in [2.05, 4.69) is 30.3 Å². The van der Waals surface area contributed by atoms with E-state index < -0.39 is 0 Å². The van der Waals surface area contributed by atoms with Crippen molar-refractivity contribution in [1.82, 2.24) is 0 Å². The van der Waals surface area contributed by atoms with Crippen molar-refractivity contribution >= 4 is 17.7 Å². The zero-order chi connectivity index (χ0) is 15.9. The van der Waals surface area contributed by atoms with E-state index in [1.54, 1.807) is 6.92 Å². The van der Waals surface area contributed by atoms with Gasteiger partial charge in [0.15, 0.2) is 0 Å². The number of hydrogen-bond acceptors (Lipinski definition) is 3. The molecule has 0 fully saturated rings. The minimum Gasteiger partial charge on any atom is -0.463 e. The van der Waals surface area contributed by atoms with Crippen LogP contribution in [0.5, 0.6) is 0 Å². The van der Waals surface area contributed by atoms with Crippen LogP contribution in [0.2, 0.25) is 0 Å². The standard InChI is InChI=1S/C19H21NO2/c1-4-22-19(21)13-10-16-14-17(20(2)3)11-12-18(16)15-8-6-5-7-9-15/h5-14H,4H2,1-3H3/b13-10+. The number of ether oxygens (including phenoxy) is 1. The van der Waals surface area contributed by atoms with Crippen molar-refractivity contribution in [3.63, 3.8) is 0 Å². The summed E-state index contributed by atoms with van der Waals surface area (Å²) >= 11 is 0. The van der Waals surface area contributed by atoms with Crippen LogP contribution < -0.4 is 4.90 Å². The molecule has 0 bridgehead atoms. The molecule has 0 radical (unpaired) electrons. The molecule has 0 heterocycles. The second kappa shape index (κ2) is 7.46. The van der Waals surface area contributed by atoms with Gasteiger partial charge in [0, 0.05) is 25.9 Å². The first-order valence-electron chi connectivity index (χ1n) is 7.33. The van der Waals surface area contributed by atoms with Crippen LogP contribution in [0.15, 0.2) is 54.6 Å². The normalized spacial score (nSPS) is 10.7. The van der Waals surface area contributed by atoms with Crippen LogP contribution in [-0.2, 0) is 9.53 Å². The molecule has 3 nitrogen and oxygen atoms in total. The van der Waals surface area contributed by atoms with Crippen molar-refractivity contribution in [3.05, 3.63) is 60.2 Å². The third kappa shape index (κ3) is 3.98. The van der Waals surface area contributed by atoms with Crippen molar-refractivity contribution in [2.75, 3.05) is 25.6 Å². The zero-order valence-corrected chi connectivity index (χ0v) is 13.2. The SMILES string of the molecule is CCOC(=O)/C=C/c1cc(N(C)C)ccc1-c1ccccc1. The van der Waals surface area contributed by atoms with Gasteiger partial charge in [0.05, 0.1) is 6.61 Å². The molecule has 0 N–H and O–H groups in total. The van der Waals surface area contributed by atoms with Gasteiger partial charge in [-0.05, 0) is 41.8 Å². The Morgan fingerprint density at radius 1 is 1.14 bits per heavy atom. The summed E-state index contributed by atoms with van der Waals surface area (Å²) in [4.78, 5) is 13.6. The molecule has 2 aromatic carbocycles.